The van der Waals surface area contributed by atoms with E-state index in [0.717, 1.165) is 11.3 Å². The molecule has 0 saturated heterocycles. The van der Waals surface area contributed by atoms with Gasteiger partial charge in [-0.2, -0.15) is 5.10 Å². The molecule has 0 N–H and O–H groups in total. The van der Waals surface area contributed by atoms with Gasteiger partial charge >= 0.3 is 5.56 Å². The number of hydrogen-bond acceptors (Lipinski definition) is 4. The van der Waals surface area contributed by atoms with Gasteiger partial charge in [-0.3, -0.25) is 4.79 Å². The van der Waals surface area contributed by atoms with Gasteiger partial charge < -0.3 is 9.47 Å². The summed E-state index contributed by atoms with van der Waals surface area (Å²) >= 11 is 3.14. The van der Waals surface area contributed by atoms with Crippen LogP contribution in [0.25, 0.3) is 0 Å². The number of aryl methyl sites for hydroxylation is 1. The summed E-state index contributed by atoms with van der Waals surface area (Å²) in [6, 6.07) is 12.1. The first-order valence-corrected chi connectivity index (χ1v) is 9.02. The molecule has 0 radical (unpaired) electrons. The zero-order chi connectivity index (χ0) is 19.6. The Morgan fingerprint density at radius 3 is 2.48 bits per heavy atom. The molecule has 0 unspecified atom stereocenters. The van der Waals surface area contributed by atoms with Gasteiger partial charge in [0.05, 0.1) is 23.8 Å². The number of benzene rings is 2. The van der Waals surface area contributed by atoms with Gasteiger partial charge in [0.25, 0.3) is 0 Å². The molecule has 0 aliphatic carbocycles. The van der Waals surface area contributed by atoms with Crippen LogP contribution >= 0.6 is 15.9 Å². The van der Waals surface area contributed by atoms with Crippen LogP contribution in [0, 0.1) is 19.7 Å². The molecule has 0 saturated carbocycles. The molecule has 3 aromatic rings. The van der Waals surface area contributed by atoms with Crippen LogP contribution in [0.3, 0.4) is 0 Å². The molecule has 1 heterocycles. The van der Waals surface area contributed by atoms with Gasteiger partial charge in [0.1, 0.15) is 17.3 Å². The van der Waals surface area contributed by atoms with Crippen molar-refractivity contribution in [2.45, 2.75) is 20.4 Å². The first-order chi connectivity index (χ1) is 12.9. The number of rotatable bonds is 5. The van der Waals surface area contributed by atoms with Crippen molar-refractivity contribution in [2.75, 3.05) is 7.11 Å². The normalized spacial score (nSPS) is 10.7. The maximum Gasteiger partial charge on any atom is 0.310 e. The van der Waals surface area contributed by atoms with E-state index >= 15 is 0 Å². The van der Waals surface area contributed by atoms with Crippen molar-refractivity contribution in [3.8, 4) is 17.2 Å². The van der Waals surface area contributed by atoms with Gasteiger partial charge in [0, 0.05) is 11.6 Å². The molecule has 140 valence electrons. The monoisotopic (exact) mass is 432 g/mol. The molecule has 0 bridgehead atoms. The Bertz CT molecular complexity index is 1030. The molecule has 0 fully saturated rings. The van der Waals surface area contributed by atoms with Crippen molar-refractivity contribution < 1.29 is 13.9 Å². The predicted octanol–water partition coefficient (Wildman–Crippen LogP) is 4.61. The highest BCUT2D eigenvalue weighted by Gasteiger charge is 2.14. The largest absolute Gasteiger partial charge is 0.497 e. The Morgan fingerprint density at radius 2 is 1.81 bits per heavy atom. The molecular formula is C20H18BrFN2O3. The van der Waals surface area contributed by atoms with Crippen LogP contribution in [0.2, 0.25) is 0 Å². The molecule has 0 aliphatic rings. The molecule has 1 aromatic heterocycles. The summed E-state index contributed by atoms with van der Waals surface area (Å²) in [6.45, 7) is 3.65. The van der Waals surface area contributed by atoms with Crippen LogP contribution in [0.1, 0.15) is 16.8 Å². The minimum Gasteiger partial charge on any atom is -0.497 e. The topological polar surface area (TPSA) is 53.4 Å². The molecule has 7 heteroatoms. The van der Waals surface area contributed by atoms with Gasteiger partial charge in [-0.1, -0.05) is 12.1 Å². The number of nitrogens with zero attached hydrogens (tertiary/aromatic N) is 2. The van der Waals surface area contributed by atoms with Crippen molar-refractivity contribution in [2.24, 2.45) is 0 Å². The van der Waals surface area contributed by atoms with E-state index in [1.807, 2.05) is 24.3 Å². The Balaban J connectivity index is 1.93. The summed E-state index contributed by atoms with van der Waals surface area (Å²) in [6.07, 6.45) is 0. The SMILES string of the molecule is COc1ccc(Cn2nc(C)cc(Oc3ccc(Br)c(F)c3C)c2=O)cc1. The molecule has 0 amide bonds. The van der Waals surface area contributed by atoms with Crippen LogP contribution in [-0.4, -0.2) is 16.9 Å². The lowest BCUT2D eigenvalue weighted by molar-refractivity contribution is 0.414. The second-order valence-electron chi connectivity index (χ2n) is 6.05. The van der Waals surface area contributed by atoms with Crippen LogP contribution in [-0.2, 0) is 6.54 Å². The highest BCUT2D eigenvalue weighted by Crippen LogP contribution is 2.29. The van der Waals surface area contributed by atoms with E-state index in [2.05, 4.69) is 21.0 Å². The van der Waals surface area contributed by atoms with Crippen LogP contribution < -0.4 is 15.0 Å². The van der Waals surface area contributed by atoms with E-state index < -0.39 is 5.82 Å². The van der Waals surface area contributed by atoms with E-state index in [-0.39, 0.29) is 23.6 Å². The van der Waals surface area contributed by atoms with Crippen molar-refractivity contribution in [1.29, 1.82) is 0 Å². The third kappa shape index (κ3) is 4.19. The number of hydrogen-bond donors (Lipinski definition) is 0. The van der Waals surface area contributed by atoms with E-state index in [4.69, 9.17) is 9.47 Å². The zero-order valence-electron chi connectivity index (χ0n) is 15.1. The zero-order valence-corrected chi connectivity index (χ0v) is 16.7. The maximum atomic E-state index is 14.1. The van der Waals surface area contributed by atoms with Crippen molar-refractivity contribution in [1.82, 2.24) is 9.78 Å². The molecular weight excluding hydrogens is 415 g/mol. The molecule has 3 rings (SSSR count). The lowest BCUT2D eigenvalue weighted by atomic mass is 10.2. The predicted molar refractivity (Wildman–Crippen MR) is 104 cm³/mol. The summed E-state index contributed by atoms with van der Waals surface area (Å²) in [5, 5.41) is 4.28. The van der Waals surface area contributed by atoms with Crippen LogP contribution in [0.15, 0.2) is 51.7 Å². The van der Waals surface area contributed by atoms with Crippen molar-refractivity contribution in [3.05, 3.63) is 79.9 Å². The molecule has 0 aliphatic heterocycles. The Hall–Kier alpha value is -2.67. The number of aromatic nitrogens is 2. The highest BCUT2D eigenvalue weighted by atomic mass is 79.9. The number of ether oxygens (including phenoxy) is 2. The van der Waals surface area contributed by atoms with E-state index in [9.17, 15) is 9.18 Å². The number of methoxy groups -OCH3 is 1. The number of halogens is 2. The van der Waals surface area contributed by atoms with Gasteiger partial charge in [-0.25, -0.2) is 9.07 Å². The standard InChI is InChI=1S/C20H18BrFN2O3/c1-12-10-18(27-17-9-8-16(21)19(22)13(17)2)20(25)24(23-12)11-14-4-6-15(26-3)7-5-14/h4-10H,11H2,1-3H3. The summed E-state index contributed by atoms with van der Waals surface area (Å²) in [4.78, 5) is 12.8. The third-order valence-corrected chi connectivity index (χ3v) is 4.68. The summed E-state index contributed by atoms with van der Waals surface area (Å²) in [7, 11) is 1.60. The molecule has 0 atom stereocenters. The van der Waals surface area contributed by atoms with E-state index in [0.29, 0.717) is 15.7 Å². The van der Waals surface area contributed by atoms with Crippen molar-refractivity contribution >= 4 is 15.9 Å². The van der Waals surface area contributed by atoms with Gasteiger partial charge in [0.2, 0.25) is 0 Å². The average molecular weight is 433 g/mol. The minimum absolute atomic E-state index is 0.0980. The minimum atomic E-state index is -0.420. The van der Waals surface area contributed by atoms with E-state index in [1.165, 1.54) is 4.68 Å². The summed E-state index contributed by atoms with van der Waals surface area (Å²) in [5.74, 6) is 0.701. The van der Waals surface area contributed by atoms with Gasteiger partial charge in [-0.05, 0) is 59.6 Å². The van der Waals surface area contributed by atoms with Gasteiger partial charge in [0.15, 0.2) is 5.75 Å². The fourth-order valence-electron chi connectivity index (χ4n) is 2.59. The lowest BCUT2D eigenvalue weighted by Gasteiger charge is -2.12. The Labute approximate surface area is 164 Å². The summed E-state index contributed by atoms with van der Waals surface area (Å²) < 4.78 is 26.6. The lowest BCUT2D eigenvalue weighted by Crippen LogP contribution is -2.25. The molecule has 2 aromatic carbocycles. The van der Waals surface area contributed by atoms with Gasteiger partial charge in [-0.15, -0.1) is 0 Å². The van der Waals surface area contributed by atoms with Crippen LogP contribution in [0.4, 0.5) is 4.39 Å². The molecule has 0 spiro atoms. The smallest absolute Gasteiger partial charge is 0.310 e. The second-order valence-corrected chi connectivity index (χ2v) is 6.90. The Kier molecular flexibility index (Phi) is 5.60. The Morgan fingerprint density at radius 1 is 1.11 bits per heavy atom. The summed E-state index contributed by atoms with van der Waals surface area (Å²) in [5.41, 5.74) is 1.44. The highest BCUT2D eigenvalue weighted by molar-refractivity contribution is 9.10. The molecule has 5 nitrogen and oxygen atoms in total. The average Bonchev–Trinajstić information content (AvgIpc) is 2.66. The van der Waals surface area contributed by atoms with Crippen LogP contribution in [0.5, 0.6) is 17.2 Å². The third-order valence-electron chi connectivity index (χ3n) is 4.06. The van der Waals surface area contributed by atoms with E-state index in [1.54, 1.807) is 39.2 Å². The first-order valence-electron chi connectivity index (χ1n) is 8.23. The van der Waals surface area contributed by atoms with Crippen molar-refractivity contribution in [3.63, 3.8) is 0 Å². The first kappa shape index (κ1) is 19.1. The maximum absolute atomic E-state index is 14.1. The fourth-order valence-corrected chi connectivity index (χ4v) is 3.02. The second kappa shape index (κ2) is 7.92. The quantitative estimate of drug-likeness (QED) is 0.590. The molecule has 27 heavy (non-hydrogen) atoms. The fraction of sp³-hybridized carbons (Fsp3) is 0.200.